The van der Waals surface area contributed by atoms with Crippen LogP contribution in [0, 0.1) is 11.8 Å². The fraction of sp³-hybridized carbons (Fsp3) is 0.545. The number of carboxylic acid groups (broad SMARTS) is 1. The number of rotatable bonds is 5. The molecule has 1 aromatic carbocycles. The largest absolute Gasteiger partial charge is 0.481 e. The van der Waals surface area contributed by atoms with Crippen molar-refractivity contribution < 1.29 is 14.7 Å². The molecule has 1 amide bonds. The standard InChI is InChI=1S/C22H30N2O3/c1-16-14-19(20(22(26)27)15-17(16)2)21(25)24-12-10-23(11-13-24)9-8-18-6-4-3-5-7-18/h3-7,19-20H,8-15H2,1-2H3,(H,26,27). The number of aliphatic carboxylic acids is 1. The van der Waals surface area contributed by atoms with Gasteiger partial charge in [-0.15, -0.1) is 0 Å². The van der Waals surface area contributed by atoms with Crippen molar-refractivity contribution in [1.82, 2.24) is 9.80 Å². The fourth-order valence-electron chi connectivity index (χ4n) is 4.17. The maximum absolute atomic E-state index is 13.0. The smallest absolute Gasteiger partial charge is 0.307 e. The molecule has 0 saturated carbocycles. The predicted molar refractivity (Wildman–Crippen MR) is 105 cm³/mol. The molecule has 2 atom stereocenters. The average molecular weight is 370 g/mol. The number of piperazine rings is 1. The molecule has 27 heavy (non-hydrogen) atoms. The van der Waals surface area contributed by atoms with Crippen LogP contribution in [-0.2, 0) is 16.0 Å². The van der Waals surface area contributed by atoms with Crippen LogP contribution in [0.4, 0.5) is 0 Å². The van der Waals surface area contributed by atoms with E-state index in [0.29, 0.717) is 25.9 Å². The highest BCUT2D eigenvalue weighted by Crippen LogP contribution is 2.35. The summed E-state index contributed by atoms with van der Waals surface area (Å²) in [5, 5.41) is 9.58. The molecule has 1 heterocycles. The van der Waals surface area contributed by atoms with Crippen LogP contribution >= 0.6 is 0 Å². The molecule has 1 aromatic rings. The molecule has 2 aliphatic rings. The highest BCUT2D eigenvalue weighted by molar-refractivity contribution is 5.85. The zero-order valence-electron chi connectivity index (χ0n) is 16.4. The lowest BCUT2D eigenvalue weighted by Crippen LogP contribution is -2.52. The molecule has 3 rings (SSSR count). The fourth-order valence-corrected chi connectivity index (χ4v) is 4.17. The molecular formula is C22H30N2O3. The van der Waals surface area contributed by atoms with E-state index >= 15 is 0 Å². The Bertz CT molecular complexity index is 706. The van der Waals surface area contributed by atoms with E-state index in [2.05, 4.69) is 29.2 Å². The third-order valence-electron chi connectivity index (χ3n) is 6.14. The van der Waals surface area contributed by atoms with Gasteiger partial charge in [-0.1, -0.05) is 41.5 Å². The first-order valence-electron chi connectivity index (χ1n) is 9.89. The molecule has 1 fully saturated rings. The van der Waals surface area contributed by atoms with Gasteiger partial charge in [0.15, 0.2) is 0 Å². The number of benzene rings is 1. The summed E-state index contributed by atoms with van der Waals surface area (Å²) in [6.45, 7) is 8.10. The van der Waals surface area contributed by atoms with Crippen molar-refractivity contribution in [3.05, 3.63) is 47.0 Å². The molecule has 146 valence electrons. The molecule has 0 bridgehead atoms. The van der Waals surface area contributed by atoms with E-state index in [-0.39, 0.29) is 5.91 Å². The van der Waals surface area contributed by atoms with Gasteiger partial charge in [0.1, 0.15) is 0 Å². The van der Waals surface area contributed by atoms with Crippen LogP contribution in [0.25, 0.3) is 0 Å². The number of hydrogen-bond donors (Lipinski definition) is 1. The number of allylic oxidation sites excluding steroid dienone is 2. The number of nitrogens with zero attached hydrogens (tertiary/aromatic N) is 2. The lowest BCUT2D eigenvalue weighted by atomic mass is 9.76. The van der Waals surface area contributed by atoms with E-state index in [9.17, 15) is 14.7 Å². The Hall–Kier alpha value is -2.14. The maximum Gasteiger partial charge on any atom is 0.307 e. The Kier molecular flexibility index (Phi) is 6.32. The third-order valence-corrected chi connectivity index (χ3v) is 6.14. The van der Waals surface area contributed by atoms with Gasteiger partial charge in [0.05, 0.1) is 11.8 Å². The summed E-state index contributed by atoms with van der Waals surface area (Å²) in [6, 6.07) is 10.4. The zero-order valence-corrected chi connectivity index (χ0v) is 16.4. The summed E-state index contributed by atoms with van der Waals surface area (Å²) in [5.74, 6) is -1.82. The Morgan fingerprint density at radius 3 is 2.15 bits per heavy atom. The van der Waals surface area contributed by atoms with Crippen molar-refractivity contribution in [2.24, 2.45) is 11.8 Å². The molecule has 1 aliphatic heterocycles. The summed E-state index contributed by atoms with van der Waals surface area (Å²) in [4.78, 5) is 29.0. The van der Waals surface area contributed by atoms with Crippen molar-refractivity contribution in [3.63, 3.8) is 0 Å². The van der Waals surface area contributed by atoms with Gasteiger partial charge < -0.3 is 10.0 Å². The monoisotopic (exact) mass is 370 g/mol. The van der Waals surface area contributed by atoms with Crippen molar-refractivity contribution in [2.45, 2.75) is 33.1 Å². The summed E-state index contributed by atoms with van der Waals surface area (Å²) < 4.78 is 0. The quantitative estimate of drug-likeness (QED) is 0.810. The molecule has 0 aromatic heterocycles. The minimum Gasteiger partial charge on any atom is -0.481 e. The summed E-state index contributed by atoms with van der Waals surface area (Å²) in [6.07, 6.45) is 2.09. The first-order valence-corrected chi connectivity index (χ1v) is 9.89. The van der Waals surface area contributed by atoms with E-state index in [1.807, 2.05) is 24.8 Å². The first kappa shape index (κ1) is 19.6. The Morgan fingerprint density at radius 1 is 0.963 bits per heavy atom. The van der Waals surface area contributed by atoms with E-state index in [4.69, 9.17) is 0 Å². The Morgan fingerprint density at radius 2 is 1.56 bits per heavy atom. The summed E-state index contributed by atoms with van der Waals surface area (Å²) in [7, 11) is 0. The van der Waals surface area contributed by atoms with E-state index in [0.717, 1.165) is 31.6 Å². The second-order valence-corrected chi connectivity index (χ2v) is 7.92. The minimum atomic E-state index is -0.846. The van der Waals surface area contributed by atoms with Crippen LogP contribution in [0.1, 0.15) is 32.3 Å². The zero-order chi connectivity index (χ0) is 19.4. The van der Waals surface area contributed by atoms with Crippen molar-refractivity contribution >= 4 is 11.9 Å². The molecule has 0 spiro atoms. The third kappa shape index (κ3) is 4.78. The molecule has 0 radical (unpaired) electrons. The molecule has 5 heteroatoms. The lowest BCUT2D eigenvalue weighted by molar-refractivity contribution is -0.151. The van der Waals surface area contributed by atoms with Gasteiger partial charge in [0, 0.05) is 32.7 Å². The van der Waals surface area contributed by atoms with Crippen LogP contribution in [0.5, 0.6) is 0 Å². The van der Waals surface area contributed by atoms with Gasteiger partial charge in [-0.2, -0.15) is 0 Å². The van der Waals surface area contributed by atoms with Gasteiger partial charge in [0.25, 0.3) is 0 Å². The van der Waals surface area contributed by atoms with Crippen LogP contribution in [-0.4, -0.2) is 59.5 Å². The minimum absolute atomic E-state index is 0.0250. The van der Waals surface area contributed by atoms with E-state index in [1.165, 1.54) is 11.1 Å². The van der Waals surface area contributed by atoms with Gasteiger partial charge in [-0.05, 0) is 38.7 Å². The van der Waals surface area contributed by atoms with Gasteiger partial charge in [-0.25, -0.2) is 0 Å². The van der Waals surface area contributed by atoms with Crippen LogP contribution < -0.4 is 0 Å². The topological polar surface area (TPSA) is 60.9 Å². The van der Waals surface area contributed by atoms with Crippen LogP contribution in [0.2, 0.25) is 0 Å². The maximum atomic E-state index is 13.0. The predicted octanol–water partition coefficient (Wildman–Crippen LogP) is 2.82. The SMILES string of the molecule is CC1=C(C)CC(C(=O)N2CCN(CCc3ccccc3)CC2)C(C(=O)O)C1. The van der Waals surface area contributed by atoms with Crippen molar-refractivity contribution in [2.75, 3.05) is 32.7 Å². The molecule has 1 N–H and O–H groups in total. The molecule has 1 aliphatic carbocycles. The second kappa shape index (κ2) is 8.70. The van der Waals surface area contributed by atoms with E-state index < -0.39 is 17.8 Å². The number of carbonyl (C=O) groups excluding carboxylic acids is 1. The molecular weight excluding hydrogens is 340 g/mol. The van der Waals surface area contributed by atoms with Gasteiger partial charge in [0.2, 0.25) is 5.91 Å². The number of amides is 1. The molecule has 2 unspecified atom stereocenters. The summed E-state index contributed by atoms with van der Waals surface area (Å²) >= 11 is 0. The first-order chi connectivity index (χ1) is 13.0. The van der Waals surface area contributed by atoms with E-state index in [1.54, 1.807) is 0 Å². The second-order valence-electron chi connectivity index (χ2n) is 7.92. The highest BCUT2D eigenvalue weighted by atomic mass is 16.4. The normalized spacial score (nSPS) is 24.1. The molecule has 1 saturated heterocycles. The molecule has 5 nitrogen and oxygen atoms in total. The Balaban J connectivity index is 1.54. The summed E-state index contributed by atoms with van der Waals surface area (Å²) in [5.41, 5.74) is 3.63. The van der Waals surface area contributed by atoms with Crippen LogP contribution in [0.15, 0.2) is 41.5 Å². The van der Waals surface area contributed by atoms with Gasteiger partial charge >= 0.3 is 5.97 Å². The Labute approximate surface area is 161 Å². The van der Waals surface area contributed by atoms with Crippen molar-refractivity contribution in [3.8, 4) is 0 Å². The van der Waals surface area contributed by atoms with Gasteiger partial charge in [-0.3, -0.25) is 14.5 Å². The number of hydrogen-bond acceptors (Lipinski definition) is 3. The van der Waals surface area contributed by atoms with Crippen molar-refractivity contribution in [1.29, 1.82) is 0 Å². The van der Waals surface area contributed by atoms with Crippen LogP contribution in [0.3, 0.4) is 0 Å². The number of carboxylic acids is 1. The average Bonchev–Trinajstić information content (AvgIpc) is 2.68. The number of carbonyl (C=O) groups is 2. The lowest BCUT2D eigenvalue weighted by Gasteiger charge is -2.38. The highest BCUT2D eigenvalue weighted by Gasteiger charge is 2.39.